The second-order valence-corrected chi connectivity index (χ2v) is 5.99. The van der Waals surface area contributed by atoms with E-state index in [1.165, 1.54) is 12.2 Å². The van der Waals surface area contributed by atoms with E-state index < -0.39 is 11.6 Å². The first-order chi connectivity index (χ1) is 7.38. The molecule has 0 aromatic rings. The van der Waals surface area contributed by atoms with Gasteiger partial charge in [-0.15, -0.1) is 11.8 Å². The van der Waals surface area contributed by atoms with E-state index in [-0.39, 0.29) is 0 Å². The van der Waals surface area contributed by atoms with Gasteiger partial charge >= 0.3 is 0 Å². The number of hydrogen-bond donors (Lipinski definition) is 0. The second-order valence-electron chi connectivity index (χ2n) is 4.82. The Bertz CT molecular complexity index is 351. The first kappa shape index (κ1) is 13.2. The number of ketones is 2. The van der Waals surface area contributed by atoms with E-state index in [1.54, 1.807) is 17.8 Å². The van der Waals surface area contributed by atoms with Crippen LogP contribution in [0.4, 0.5) is 0 Å². The molecule has 16 heavy (non-hydrogen) atoms. The van der Waals surface area contributed by atoms with E-state index in [2.05, 4.69) is 21.1 Å². The van der Waals surface area contributed by atoms with Crippen molar-refractivity contribution in [2.75, 3.05) is 33.4 Å². The van der Waals surface area contributed by atoms with Gasteiger partial charge in [0.25, 0.3) is 0 Å². The topological polar surface area (TPSA) is 34.1 Å². The molecule has 88 valence electrons. The van der Waals surface area contributed by atoms with Crippen molar-refractivity contribution in [2.45, 2.75) is 6.42 Å². The molecule has 1 aliphatic carbocycles. The summed E-state index contributed by atoms with van der Waals surface area (Å²) in [4.78, 5) is 22.9. The molecule has 0 unspecified atom stereocenters. The zero-order valence-electron chi connectivity index (χ0n) is 10.0. The van der Waals surface area contributed by atoms with Crippen LogP contribution in [0.25, 0.3) is 0 Å². The lowest BCUT2D eigenvalue weighted by Crippen LogP contribution is -2.35. The Morgan fingerprint density at radius 2 is 1.81 bits per heavy atom. The maximum atomic E-state index is 11.1. The highest BCUT2D eigenvalue weighted by atomic mass is 32.2. The Labute approximate surface area is 101 Å². The van der Waals surface area contributed by atoms with Gasteiger partial charge in [0.05, 0.1) is 27.7 Å². The van der Waals surface area contributed by atoms with Crippen molar-refractivity contribution < 1.29 is 14.1 Å². The third kappa shape index (κ3) is 4.77. The lowest BCUT2D eigenvalue weighted by molar-refractivity contribution is -0.870. The molecule has 4 heteroatoms. The van der Waals surface area contributed by atoms with Crippen LogP contribution in [0.3, 0.4) is 0 Å². The normalized spacial score (nSPS) is 16.6. The lowest BCUT2D eigenvalue weighted by atomic mass is 10.1. The number of hydrogen-bond acceptors (Lipinski definition) is 3. The predicted octanol–water partition coefficient (Wildman–Crippen LogP) is 1.41. The van der Waals surface area contributed by atoms with Crippen molar-refractivity contribution in [3.05, 3.63) is 23.1 Å². The first-order valence-corrected chi connectivity index (χ1v) is 6.28. The summed E-state index contributed by atoms with van der Waals surface area (Å²) in [6.07, 6.45) is 5.60. The quantitative estimate of drug-likeness (QED) is 0.315. The lowest BCUT2D eigenvalue weighted by Gasteiger charge is -2.23. The largest absolute Gasteiger partial charge is 0.331 e. The Morgan fingerprint density at radius 3 is 2.38 bits per heavy atom. The summed E-state index contributed by atoms with van der Waals surface area (Å²) in [6, 6.07) is 0. The molecule has 0 saturated carbocycles. The number of rotatable bonds is 5. The maximum absolute atomic E-state index is 11.1. The molecule has 0 amide bonds. The van der Waals surface area contributed by atoms with Crippen molar-refractivity contribution in [2.24, 2.45) is 0 Å². The average molecular weight is 240 g/mol. The number of thioether (sulfide) groups is 1. The molecule has 0 saturated heterocycles. The molecule has 0 aromatic carbocycles. The molecular formula is C12H18NO2S+. The van der Waals surface area contributed by atoms with Crippen LogP contribution >= 0.6 is 11.8 Å². The minimum Gasteiger partial charge on any atom is -0.331 e. The Hall–Kier alpha value is -0.870. The molecule has 0 atom stereocenters. The number of allylic oxidation sites excluding steroid dienone is 3. The van der Waals surface area contributed by atoms with Crippen LogP contribution < -0.4 is 0 Å². The van der Waals surface area contributed by atoms with Crippen LogP contribution in [0.2, 0.25) is 0 Å². The zero-order chi connectivity index (χ0) is 12.2. The molecule has 1 aliphatic rings. The molecule has 0 fully saturated rings. The Kier molecular flexibility index (Phi) is 4.50. The van der Waals surface area contributed by atoms with Gasteiger partial charge in [-0.1, -0.05) is 0 Å². The fourth-order valence-corrected chi connectivity index (χ4v) is 2.17. The molecule has 0 radical (unpaired) electrons. The molecule has 0 N–H and O–H groups in total. The third-order valence-electron chi connectivity index (χ3n) is 2.16. The van der Waals surface area contributed by atoms with Gasteiger partial charge in [0.1, 0.15) is 0 Å². The summed E-state index contributed by atoms with van der Waals surface area (Å²) >= 11 is 1.64. The van der Waals surface area contributed by atoms with E-state index in [9.17, 15) is 9.59 Å². The highest BCUT2D eigenvalue weighted by molar-refractivity contribution is 8.03. The van der Waals surface area contributed by atoms with Crippen molar-refractivity contribution in [3.8, 4) is 0 Å². The van der Waals surface area contributed by atoms with Crippen molar-refractivity contribution >= 4 is 23.3 Å². The second kappa shape index (κ2) is 5.46. The molecule has 0 heterocycles. The molecular weight excluding hydrogens is 222 g/mol. The SMILES string of the molecule is C[N+](C)(C)CCCSC1=CC(=O)C(=O)C=C1. The third-order valence-corrected chi connectivity index (χ3v) is 3.24. The van der Waals surface area contributed by atoms with Crippen LogP contribution in [-0.2, 0) is 9.59 Å². The smallest absolute Gasteiger partial charge is 0.226 e. The minimum atomic E-state index is -0.421. The van der Waals surface area contributed by atoms with E-state index in [0.29, 0.717) is 0 Å². The summed E-state index contributed by atoms with van der Waals surface area (Å²) in [7, 11) is 6.48. The van der Waals surface area contributed by atoms with E-state index in [0.717, 1.165) is 28.1 Å². The average Bonchev–Trinajstić information content (AvgIpc) is 2.17. The van der Waals surface area contributed by atoms with Crippen LogP contribution in [0.15, 0.2) is 23.1 Å². The Balaban J connectivity index is 2.30. The highest BCUT2D eigenvalue weighted by Gasteiger charge is 2.13. The fraction of sp³-hybridized carbons (Fsp3) is 0.500. The predicted molar refractivity (Wildman–Crippen MR) is 67.2 cm³/mol. The number of carbonyl (C=O) groups is 2. The van der Waals surface area contributed by atoms with Gasteiger partial charge in [-0.05, 0) is 12.2 Å². The van der Waals surface area contributed by atoms with Gasteiger partial charge in [-0.25, -0.2) is 0 Å². The van der Waals surface area contributed by atoms with Gasteiger partial charge in [-0.2, -0.15) is 0 Å². The first-order valence-electron chi connectivity index (χ1n) is 5.30. The molecule has 0 aliphatic heterocycles. The van der Waals surface area contributed by atoms with Gasteiger partial charge in [0.15, 0.2) is 0 Å². The van der Waals surface area contributed by atoms with Crippen LogP contribution in [0.1, 0.15) is 6.42 Å². The van der Waals surface area contributed by atoms with E-state index >= 15 is 0 Å². The van der Waals surface area contributed by atoms with E-state index in [1.807, 2.05) is 0 Å². The summed E-state index contributed by atoms with van der Waals surface area (Å²) < 4.78 is 0.951. The van der Waals surface area contributed by atoms with E-state index in [4.69, 9.17) is 0 Å². The standard InChI is InChI=1S/C12H18NO2S/c1-13(2,3)7-4-8-16-10-5-6-11(14)12(15)9-10/h5-6,9H,4,7-8H2,1-3H3/q+1. The zero-order valence-corrected chi connectivity index (χ0v) is 10.8. The van der Waals surface area contributed by atoms with Crippen LogP contribution in [0, 0.1) is 0 Å². The van der Waals surface area contributed by atoms with Crippen molar-refractivity contribution in [1.29, 1.82) is 0 Å². The summed E-state index contributed by atoms with van der Waals surface area (Å²) in [5.41, 5.74) is 0. The molecule has 1 rings (SSSR count). The number of nitrogens with zero attached hydrogens (tertiary/aromatic N) is 1. The summed E-state index contributed by atoms with van der Waals surface area (Å²) in [5, 5.41) is 0. The molecule has 3 nitrogen and oxygen atoms in total. The number of carbonyl (C=O) groups excluding carboxylic acids is 2. The fourth-order valence-electron chi connectivity index (χ4n) is 1.31. The van der Waals surface area contributed by atoms with Gasteiger partial charge in [-0.3, -0.25) is 9.59 Å². The van der Waals surface area contributed by atoms with Gasteiger partial charge < -0.3 is 4.48 Å². The van der Waals surface area contributed by atoms with Gasteiger partial charge in [0, 0.05) is 23.2 Å². The van der Waals surface area contributed by atoms with Crippen molar-refractivity contribution in [1.82, 2.24) is 0 Å². The molecule has 0 spiro atoms. The highest BCUT2D eigenvalue weighted by Crippen LogP contribution is 2.20. The maximum Gasteiger partial charge on any atom is 0.226 e. The van der Waals surface area contributed by atoms with Crippen LogP contribution in [0.5, 0.6) is 0 Å². The number of quaternary nitrogens is 1. The minimum absolute atomic E-state index is 0.406. The van der Waals surface area contributed by atoms with Crippen molar-refractivity contribution in [3.63, 3.8) is 0 Å². The van der Waals surface area contributed by atoms with Crippen LogP contribution in [-0.4, -0.2) is 49.5 Å². The molecule has 0 aromatic heterocycles. The molecule has 0 bridgehead atoms. The van der Waals surface area contributed by atoms with Gasteiger partial charge in [0.2, 0.25) is 11.6 Å². The monoisotopic (exact) mass is 240 g/mol. The summed E-state index contributed by atoms with van der Waals surface area (Å²) in [5.74, 6) is 0.153. The Morgan fingerprint density at radius 1 is 1.12 bits per heavy atom. The summed E-state index contributed by atoms with van der Waals surface area (Å²) in [6.45, 7) is 1.11.